The molecular formula is C20H17F4N3O2. The molecule has 9 heteroatoms. The first-order valence-corrected chi connectivity index (χ1v) is 8.70. The van der Waals surface area contributed by atoms with Crippen LogP contribution >= 0.6 is 0 Å². The molecular weight excluding hydrogens is 390 g/mol. The number of amides is 1. The zero-order chi connectivity index (χ0) is 21.4. The van der Waals surface area contributed by atoms with Crippen molar-refractivity contribution in [3.63, 3.8) is 0 Å². The van der Waals surface area contributed by atoms with Crippen LogP contribution in [0.3, 0.4) is 0 Å². The van der Waals surface area contributed by atoms with E-state index in [1.165, 1.54) is 25.1 Å². The molecule has 1 amide bonds. The van der Waals surface area contributed by atoms with Gasteiger partial charge in [-0.25, -0.2) is 4.39 Å². The van der Waals surface area contributed by atoms with E-state index in [0.29, 0.717) is 30.3 Å². The molecule has 0 aliphatic carbocycles. The van der Waals surface area contributed by atoms with Gasteiger partial charge in [0.25, 0.3) is 5.91 Å². The second-order valence-electron chi connectivity index (χ2n) is 7.01. The number of hydrogen-bond acceptors (Lipinski definition) is 4. The summed E-state index contributed by atoms with van der Waals surface area (Å²) >= 11 is 0. The van der Waals surface area contributed by atoms with Crippen molar-refractivity contribution in [3.05, 3.63) is 58.9 Å². The molecule has 0 aromatic heterocycles. The van der Waals surface area contributed by atoms with Gasteiger partial charge in [0.1, 0.15) is 5.82 Å². The van der Waals surface area contributed by atoms with E-state index in [2.05, 4.69) is 5.32 Å². The average molecular weight is 407 g/mol. The molecule has 29 heavy (non-hydrogen) atoms. The lowest BCUT2D eigenvalue weighted by atomic mass is 10.0. The number of β-amino-alcohol motifs (C(OH)–C–C–N with tert-alkyl or cyclic N) is 1. The molecule has 1 unspecified atom stereocenters. The molecule has 5 nitrogen and oxygen atoms in total. The van der Waals surface area contributed by atoms with Crippen LogP contribution in [-0.2, 0) is 17.4 Å². The Bertz CT molecular complexity index is 996. The zero-order valence-corrected chi connectivity index (χ0v) is 15.3. The van der Waals surface area contributed by atoms with Crippen LogP contribution in [-0.4, -0.2) is 29.7 Å². The number of carbonyl (C=O) groups excluding carboxylic acids is 1. The van der Waals surface area contributed by atoms with Crippen molar-refractivity contribution >= 4 is 17.3 Å². The van der Waals surface area contributed by atoms with Crippen molar-refractivity contribution in [2.45, 2.75) is 25.1 Å². The van der Waals surface area contributed by atoms with Crippen LogP contribution in [0.15, 0.2) is 36.4 Å². The Labute approximate surface area is 164 Å². The minimum absolute atomic E-state index is 0.169. The van der Waals surface area contributed by atoms with E-state index in [4.69, 9.17) is 5.26 Å². The normalized spacial score (nSPS) is 15.4. The van der Waals surface area contributed by atoms with Gasteiger partial charge >= 0.3 is 6.18 Å². The molecule has 1 atom stereocenters. The predicted molar refractivity (Wildman–Crippen MR) is 97.7 cm³/mol. The quantitative estimate of drug-likeness (QED) is 0.761. The minimum Gasteiger partial charge on any atom is -0.378 e. The third-order valence-electron chi connectivity index (χ3n) is 4.76. The van der Waals surface area contributed by atoms with Crippen molar-refractivity contribution in [1.29, 1.82) is 5.26 Å². The van der Waals surface area contributed by atoms with Gasteiger partial charge in [0.05, 0.1) is 23.7 Å². The van der Waals surface area contributed by atoms with Gasteiger partial charge in [0, 0.05) is 23.5 Å². The summed E-state index contributed by atoms with van der Waals surface area (Å²) in [7, 11) is 0. The molecule has 1 aliphatic rings. The van der Waals surface area contributed by atoms with E-state index in [1.807, 2.05) is 0 Å². The zero-order valence-electron chi connectivity index (χ0n) is 15.3. The Morgan fingerprint density at radius 2 is 2.03 bits per heavy atom. The molecule has 0 fully saturated rings. The molecule has 152 valence electrons. The molecule has 2 aromatic rings. The fraction of sp³-hybridized carbons (Fsp3) is 0.300. The largest absolute Gasteiger partial charge is 0.417 e. The van der Waals surface area contributed by atoms with Crippen LogP contribution in [0.25, 0.3) is 0 Å². The number of benzene rings is 2. The number of fused-ring (bicyclic) bond motifs is 1. The molecule has 0 spiro atoms. The summed E-state index contributed by atoms with van der Waals surface area (Å²) in [4.78, 5) is 14.2. The van der Waals surface area contributed by atoms with E-state index in [0.717, 1.165) is 12.1 Å². The number of nitrogens with one attached hydrogen (secondary N) is 1. The number of nitrogens with zero attached hydrogens (tertiary/aromatic N) is 2. The van der Waals surface area contributed by atoms with Gasteiger partial charge in [-0.05, 0) is 43.7 Å². The van der Waals surface area contributed by atoms with Crippen molar-refractivity contribution in [2.75, 3.05) is 23.3 Å². The number of carbonyl (C=O) groups is 1. The summed E-state index contributed by atoms with van der Waals surface area (Å²) in [5.41, 5.74) is -2.85. The Hall–Kier alpha value is -3.12. The van der Waals surface area contributed by atoms with E-state index >= 15 is 0 Å². The third kappa shape index (κ3) is 4.17. The number of rotatable bonds is 4. The molecule has 0 radical (unpaired) electrons. The summed E-state index contributed by atoms with van der Waals surface area (Å²) in [5.74, 6) is -1.29. The first kappa shape index (κ1) is 20.6. The Kier molecular flexibility index (Phi) is 5.24. The summed E-state index contributed by atoms with van der Waals surface area (Å²) in [5, 5.41) is 21.7. The van der Waals surface area contributed by atoms with Gasteiger partial charge in [0.2, 0.25) is 0 Å². The second-order valence-corrected chi connectivity index (χ2v) is 7.01. The molecule has 2 N–H and O–H groups in total. The van der Waals surface area contributed by atoms with Crippen molar-refractivity contribution < 1.29 is 27.5 Å². The SMILES string of the molecule is CC(O)(CN1CCc2c(F)cccc21)C(=O)Nc1ccc(C#N)c(C(F)(F)F)c1. The summed E-state index contributed by atoms with van der Waals surface area (Å²) in [6, 6.07) is 8.74. The molecule has 2 aromatic carbocycles. The van der Waals surface area contributed by atoms with Gasteiger partial charge in [-0.2, -0.15) is 18.4 Å². The van der Waals surface area contributed by atoms with E-state index < -0.39 is 28.8 Å². The Morgan fingerprint density at radius 3 is 2.69 bits per heavy atom. The topological polar surface area (TPSA) is 76.4 Å². The van der Waals surface area contributed by atoms with Gasteiger partial charge < -0.3 is 15.3 Å². The van der Waals surface area contributed by atoms with Crippen LogP contribution in [0.5, 0.6) is 0 Å². The number of anilines is 2. The number of nitriles is 1. The number of halogens is 4. The highest BCUT2D eigenvalue weighted by molar-refractivity contribution is 5.97. The highest BCUT2D eigenvalue weighted by atomic mass is 19.4. The fourth-order valence-electron chi connectivity index (χ4n) is 3.29. The van der Waals surface area contributed by atoms with Crippen LogP contribution in [0.2, 0.25) is 0 Å². The minimum atomic E-state index is -4.77. The van der Waals surface area contributed by atoms with Crippen LogP contribution < -0.4 is 10.2 Å². The Balaban J connectivity index is 1.78. The summed E-state index contributed by atoms with van der Waals surface area (Å²) in [6.07, 6.45) is -4.35. The van der Waals surface area contributed by atoms with Gasteiger partial charge in [-0.15, -0.1) is 0 Å². The van der Waals surface area contributed by atoms with Gasteiger partial charge in [-0.3, -0.25) is 4.79 Å². The predicted octanol–water partition coefficient (Wildman–Crippen LogP) is 3.47. The molecule has 1 aliphatic heterocycles. The summed E-state index contributed by atoms with van der Waals surface area (Å²) < 4.78 is 53.1. The maximum Gasteiger partial charge on any atom is 0.417 e. The van der Waals surface area contributed by atoms with E-state index in [-0.39, 0.29) is 18.0 Å². The Morgan fingerprint density at radius 1 is 1.31 bits per heavy atom. The van der Waals surface area contributed by atoms with Crippen LogP contribution in [0.4, 0.5) is 28.9 Å². The lowest BCUT2D eigenvalue weighted by Crippen LogP contribution is -2.49. The third-order valence-corrected chi connectivity index (χ3v) is 4.76. The molecule has 1 heterocycles. The van der Waals surface area contributed by atoms with E-state index in [1.54, 1.807) is 11.0 Å². The lowest BCUT2D eigenvalue weighted by Gasteiger charge is -2.29. The maximum absolute atomic E-state index is 13.9. The maximum atomic E-state index is 13.9. The van der Waals surface area contributed by atoms with Crippen LogP contribution in [0, 0.1) is 17.1 Å². The standard InChI is InChI=1S/C20H17F4N3O2/c1-19(29,11-27-8-7-14-16(21)3-2-4-17(14)27)18(28)26-13-6-5-12(10-25)15(9-13)20(22,23)24/h2-6,9,29H,7-8,11H2,1H3,(H,26,28). The highest BCUT2D eigenvalue weighted by Crippen LogP contribution is 2.34. The molecule has 0 saturated heterocycles. The van der Waals surface area contributed by atoms with Crippen LogP contribution in [0.1, 0.15) is 23.6 Å². The van der Waals surface area contributed by atoms with Crippen molar-refractivity contribution in [3.8, 4) is 6.07 Å². The smallest absolute Gasteiger partial charge is 0.378 e. The molecule has 0 bridgehead atoms. The molecule has 0 saturated carbocycles. The first-order chi connectivity index (χ1) is 13.5. The average Bonchev–Trinajstić information content (AvgIpc) is 3.04. The second kappa shape index (κ2) is 7.37. The summed E-state index contributed by atoms with van der Waals surface area (Å²) in [6.45, 7) is 1.46. The van der Waals surface area contributed by atoms with Crippen molar-refractivity contribution in [1.82, 2.24) is 0 Å². The van der Waals surface area contributed by atoms with Crippen molar-refractivity contribution in [2.24, 2.45) is 0 Å². The van der Waals surface area contributed by atoms with Gasteiger partial charge in [-0.1, -0.05) is 6.07 Å². The van der Waals surface area contributed by atoms with Gasteiger partial charge in [0.15, 0.2) is 5.60 Å². The molecule has 3 rings (SSSR count). The number of alkyl halides is 3. The highest BCUT2D eigenvalue weighted by Gasteiger charge is 2.37. The monoisotopic (exact) mass is 407 g/mol. The number of aliphatic hydroxyl groups is 1. The lowest BCUT2D eigenvalue weighted by molar-refractivity contribution is -0.138. The van der Waals surface area contributed by atoms with E-state index in [9.17, 15) is 27.5 Å². The first-order valence-electron chi connectivity index (χ1n) is 8.70. The number of hydrogen-bond donors (Lipinski definition) is 2. The fourth-order valence-corrected chi connectivity index (χ4v) is 3.29.